The molecule has 21 heavy (non-hydrogen) atoms. The Morgan fingerprint density at radius 3 is 2.52 bits per heavy atom. The van der Waals surface area contributed by atoms with E-state index >= 15 is 0 Å². The number of hydrogen-bond donors (Lipinski definition) is 1. The number of aromatic nitrogens is 1. The van der Waals surface area contributed by atoms with Crippen molar-refractivity contribution in [3.63, 3.8) is 0 Å². The van der Waals surface area contributed by atoms with E-state index in [2.05, 4.69) is 20.9 Å². The van der Waals surface area contributed by atoms with E-state index in [1.165, 1.54) is 12.3 Å². The van der Waals surface area contributed by atoms with E-state index in [0.717, 1.165) is 10.0 Å². The van der Waals surface area contributed by atoms with Crippen LogP contribution in [0.3, 0.4) is 0 Å². The van der Waals surface area contributed by atoms with Gasteiger partial charge in [-0.3, -0.25) is 0 Å². The zero-order valence-electron chi connectivity index (χ0n) is 11.0. The van der Waals surface area contributed by atoms with E-state index in [0.29, 0.717) is 6.42 Å². The lowest BCUT2D eigenvalue weighted by Gasteiger charge is -2.10. The van der Waals surface area contributed by atoms with Gasteiger partial charge in [0.25, 0.3) is 0 Å². The molecule has 0 bridgehead atoms. The minimum Gasteiger partial charge on any atom is -0.387 e. The summed E-state index contributed by atoms with van der Waals surface area (Å²) in [6, 6.07) is 11.5. The molecule has 0 aliphatic rings. The van der Waals surface area contributed by atoms with E-state index in [1.807, 2.05) is 30.3 Å². The molecular formula is C15H13BrN2O3. The first-order valence-corrected chi connectivity index (χ1v) is 7.02. The molecule has 6 heteroatoms. The van der Waals surface area contributed by atoms with Crippen molar-refractivity contribution in [2.45, 2.75) is 12.5 Å². The fourth-order valence-corrected chi connectivity index (χ4v) is 1.90. The lowest BCUT2D eigenvalue weighted by molar-refractivity contribution is -0.139. The Morgan fingerprint density at radius 2 is 1.90 bits per heavy atom. The average Bonchev–Trinajstić information content (AvgIpc) is 2.48. The van der Waals surface area contributed by atoms with Crippen molar-refractivity contribution < 1.29 is 14.3 Å². The van der Waals surface area contributed by atoms with Crippen molar-refractivity contribution in [1.82, 2.24) is 4.98 Å². The van der Waals surface area contributed by atoms with Gasteiger partial charge in [-0.15, -0.1) is 0 Å². The molecule has 0 aliphatic carbocycles. The first kappa shape index (κ1) is 15.3. The first-order chi connectivity index (χ1) is 10.1. The Bertz CT molecular complexity index is 629. The molecule has 0 amide bonds. The number of esters is 2. The molecular weight excluding hydrogens is 336 g/mol. The number of benzene rings is 1. The summed E-state index contributed by atoms with van der Waals surface area (Å²) in [7, 11) is 0. The van der Waals surface area contributed by atoms with Gasteiger partial charge < -0.3 is 10.5 Å². The van der Waals surface area contributed by atoms with Gasteiger partial charge in [-0.05, 0) is 40.0 Å². The molecule has 0 fully saturated rings. The molecule has 0 saturated heterocycles. The standard InChI is InChI=1S/C15H13BrN2O3/c16-11-6-7-13(18-9-11)15(20)21-14(19)12(17)8-10-4-2-1-3-5-10/h1-7,9,12H,8,17H2. The summed E-state index contributed by atoms with van der Waals surface area (Å²) in [4.78, 5) is 27.4. The van der Waals surface area contributed by atoms with Gasteiger partial charge in [0.2, 0.25) is 0 Å². The van der Waals surface area contributed by atoms with Crippen molar-refractivity contribution >= 4 is 27.9 Å². The van der Waals surface area contributed by atoms with Crippen LogP contribution in [0.25, 0.3) is 0 Å². The van der Waals surface area contributed by atoms with Gasteiger partial charge in [0.05, 0.1) is 0 Å². The Labute approximate surface area is 130 Å². The van der Waals surface area contributed by atoms with Crippen LogP contribution in [-0.2, 0) is 16.0 Å². The number of nitrogens with zero attached hydrogens (tertiary/aromatic N) is 1. The van der Waals surface area contributed by atoms with Crippen molar-refractivity contribution in [1.29, 1.82) is 0 Å². The number of halogens is 1. The summed E-state index contributed by atoms with van der Waals surface area (Å²) in [6.07, 6.45) is 1.76. The van der Waals surface area contributed by atoms with Gasteiger partial charge in [0, 0.05) is 10.7 Å². The van der Waals surface area contributed by atoms with Crippen LogP contribution in [0, 0.1) is 0 Å². The van der Waals surface area contributed by atoms with Gasteiger partial charge in [-0.2, -0.15) is 0 Å². The highest BCUT2D eigenvalue weighted by atomic mass is 79.9. The second-order valence-electron chi connectivity index (χ2n) is 4.37. The van der Waals surface area contributed by atoms with Crippen molar-refractivity contribution in [3.05, 3.63) is 64.4 Å². The third kappa shape index (κ3) is 4.47. The third-order valence-corrected chi connectivity index (χ3v) is 3.20. The number of pyridine rings is 1. The van der Waals surface area contributed by atoms with Crippen molar-refractivity contribution in [3.8, 4) is 0 Å². The fraction of sp³-hybridized carbons (Fsp3) is 0.133. The number of carbonyl (C=O) groups excluding carboxylic acids is 2. The Balaban J connectivity index is 1.94. The molecule has 2 N–H and O–H groups in total. The highest BCUT2D eigenvalue weighted by Gasteiger charge is 2.20. The monoisotopic (exact) mass is 348 g/mol. The molecule has 1 unspecified atom stereocenters. The summed E-state index contributed by atoms with van der Waals surface area (Å²) in [6.45, 7) is 0. The van der Waals surface area contributed by atoms with E-state index in [4.69, 9.17) is 10.5 Å². The van der Waals surface area contributed by atoms with Crippen LogP contribution in [-0.4, -0.2) is 23.0 Å². The summed E-state index contributed by atoms with van der Waals surface area (Å²) in [5, 5.41) is 0. The van der Waals surface area contributed by atoms with Crippen LogP contribution in [0.15, 0.2) is 53.1 Å². The molecule has 5 nitrogen and oxygen atoms in total. The molecule has 1 atom stereocenters. The van der Waals surface area contributed by atoms with E-state index in [-0.39, 0.29) is 5.69 Å². The van der Waals surface area contributed by atoms with Crippen LogP contribution in [0.1, 0.15) is 16.1 Å². The molecule has 2 rings (SSSR count). The zero-order valence-corrected chi connectivity index (χ0v) is 12.6. The van der Waals surface area contributed by atoms with E-state index in [1.54, 1.807) is 6.07 Å². The lowest BCUT2D eigenvalue weighted by Crippen LogP contribution is -2.35. The average molecular weight is 349 g/mol. The van der Waals surface area contributed by atoms with Gasteiger partial charge in [0.15, 0.2) is 0 Å². The van der Waals surface area contributed by atoms with Crippen molar-refractivity contribution in [2.75, 3.05) is 0 Å². The molecule has 2 aromatic rings. The maximum Gasteiger partial charge on any atom is 0.364 e. The summed E-state index contributed by atoms with van der Waals surface area (Å²) in [5.74, 6) is -1.58. The Hall–Kier alpha value is -2.05. The molecule has 1 aromatic carbocycles. The quantitative estimate of drug-likeness (QED) is 0.675. The van der Waals surface area contributed by atoms with Crippen LogP contribution in [0.4, 0.5) is 0 Å². The van der Waals surface area contributed by atoms with Crippen LogP contribution >= 0.6 is 15.9 Å². The largest absolute Gasteiger partial charge is 0.387 e. The minimum atomic E-state index is -0.896. The summed E-state index contributed by atoms with van der Waals surface area (Å²) >= 11 is 3.20. The van der Waals surface area contributed by atoms with Crippen LogP contribution in [0.5, 0.6) is 0 Å². The predicted molar refractivity (Wildman–Crippen MR) is 80.5 cm³/mol. The normalized spacial score (nSPS) is 11.7. The maximum absolute atomic E-state index is 11.8. The summed E-state index contributed by atoms with van der Waals surface area (Å²) < 4.78 is 5.46. The number of carbonyl (C=O) groups is 2. The zero-order chi connectivity index (χ0) is 15.2. The maximum atomic E-state index is 11.8. The van der Waals surface area contributed by atoms with Crippen molar-refractivity contribution in [2.24, 2.45) is 5.73 Å². The van der Waals surface area contributed by atoms with Crippen LogP contribution < -0.4 is 5.73 Å². The molecule has 1 aromatic heterocycles. The van der Waals surface area contributed by atoms with Gasteiger partial charge in [-0.1, -0.05) is 30.3 Å². The Morgan fingerprint density at radius 1 is 1.19 bits per heavy atom. The lowest BCUT2D eigenvalue weighted by atomic mass is 10.1. The van der Waals surface area contributed by atoms with Crippen LogP contribution in [0.2, 0.25) is 0 Å². The van der Waals surface area contributed by atoms with Gasteiger partial charge >= 0.3 is 11.9 Å². The topological polar surface area (TPSA) is 82.3 Å². The number of ether oxygens (including phenoxy) is 1. The van der Waals surface area contributed by atoms with Gasteiger partial charge in [-0.25, -0.2) is 14.6 Å². The molecule has 0 saturated carbocycles. The summed E-state index contributed by atoms with van der Waals surface area (Å²) in [5.41, 5.74) is 6.70. The smallest absolute Gasteiger partial charge is 0.364 e. The second-order valence-corrected chi connectivity index (χ2v) is 5.28. The van der Waals surface area contributed by atoms with E-state index in [9.17, 15) is 9.59 Å². The Kier molecular flexibility index (Phi) is 5.19. The number of rotatable bonds is 4. The highest BCUT2D eigenvalue weighted by Crippen LogP contribution is 2.09. The molecule has 0 aliphatic heterocycles. The molecule has 1 heterocycles. The molecule has 0 radical (unpaired) electrons. The molecule has 0 spiro atoms. The predicted octanol–water partition coefficient (Wildman–Crippen LogP) is 2.10. The van der Waals surface area contributed by atoms with E-state index < -0.39 is 18.0 Å². The fourth-order valence-electron chi connectivity index (χ4n) is 1.67. The minimum absolute atomic E-state index is 0.0541. The SMILES string of the molecule is NC(Cc1ccccc1)C(=O)OC(=O)c1ccc(Br)cn1. The second kappa shape index (κ2) is 7.10. The first-order valence-electron chi connectivity index (χ1n) is 6.23. The number of nitrogens with two attached hydrogens (primary N) is 1. The third-order valence-electron chi connectivity index (χ3n) is 2.73. The molecule has 108 valence electrons. The van der Waals surface area contributed by atoms with Gasteiger partial charge in [0.1, 0.15) is 11.7 Å². The highest BCUT2D eigenvalue weighted by molar-refractivity contribution is 9.10. The number of hydrogen-bond acceptors (Lipinski definition) is 5.